The van der Waals surface area contributed by atoms with Crippen molar-refractivity contribution in [1.82, 2.24) is 0 Å². The van der Waals surface area contributed by atoms with Crippen LogP contribution in [0.15, 0.2) is 23.1 Å². The van der Waals surface area contributed by atoms with Crippen LogP contribution in [-0.4, -0.2) is 35.1 Å². The minimum absolute atomic E-state index is 0. The van der Waals surface area contributed by atoms with Crippen LogP contribution in [0.1, 0.15) is 20.7 Å². The second-order valence-corrected chi connectivity index (χ2v) is 4.12. The maximum atomic E-state index is 10.7. The zero-order valence-electron chi connectivity index (χ0n) is 8.58. The van der Waals surface area contributed by atoms with Gasteiger partial charge in [-0.2, -0.15) is 0 Å². The molecule has 0 spiro atoms. The Morgan fingerprint density at radius 1 is 1.12 bits per heavy atom. The Balaban J connectivity index is 0.00000256. The van der Waals surface area contributed by atoms with Crippen LogP contribution in [0.5, 0.6) is 0 Å². The van der Waals surface area contributed by atoms with Gasteiger partial charge in [0.1, 0.15) is 10.1 Å². The molecule has 1 rings (SSSR count). The van der Waals surface area contributed by atoms with Crippen molar-refractivity contribution < 1.29 is 84.2 Å². The molecule has 0 saturated heterocycles. The van der Waals surface area contributed by atoms with Crippen LogP contribution in [-0.2, 0) is 10.1 Å². The summed E-state index contributed by atoms with van der Waals surface area (Å²) >= 11 is 0. The molecule has 0 aliphatic carbocycles. The largest absolute Gasteiger partial charge is 1.00 e. The minimum Gasteiger partial charge on any atom is -0.744 e. The van der Waals surface area contributed by atoms with Gasteiger partial charge in [-0.3, -0.25) is 0 Å². The Bertz CT molecular complexity index is 563. The van der Waals surface area contributed by atoms with Gasteiger partial charge in [-0.1, -0.05) is 0 Å². The number of hydrogen-bond acceptors (Lipinski definition) is 5. The summed E-state index contributed by atoms with van der Waals surface area (Å²) < 4.78 is 32.2. The second kappa shape index (κ2) is 6.04. The smallest absolute Gasteiger partial charge is 0.744 e. The van der Waals surface area contributed by atoms with Crippen molar-refractivity contribution in [1.29, 1.82) is 0 Å². The molecule has 0 unspecified atom stereocenters. The molecule has 1 aromatic carbocycles. The maximum absolute atomic E-state index is 10.7. The van der Waals surface area contributed by atoms with E-state index < -0.39 is 38.1 Å². The van der Waals surface area contributed by atoms with Gasteiger partial charge in [0.05, 0.1) is 16.0 Å². The van der Waals surface area contributed by atoms with Gasteiger partial charge in [-0.25, -0.2) is 18.0 Å². The van der Waals surface area contributed by atoms with Crippen molar-refractivity contribution in [3.05, 3.63) is 29.3 Å². The second-order valence-electron chi connectivity index (χ2n) is 2.78. The quantitative estimate of drug-likeness (QED) is 0.446. The first-order valence-electron chi connectivity index (χ1n) is 3.80. The molecular formula is C8H5KO7S. The van der Waals surface area contributed by atoms with Gasteiger partial charge >= 0.3 is 63.3 Å². The SMILES string of the molecule is O=C(O)c1ccc(C(=O)O)c(S(=O)(=O)[O-])c1.[K+]. The summed E-state index contributed by atoms with van der Waals surface area (Å²) in [7, 11) is -5.03. The van der Waals surface area contributed by atoms with Gasteiger partial charge in [-0.15, -0.1) is 0 Å². The molecule has 2 N–H and O–H groups in total. The Hall–Kier alpha value is -0.294. The van der Waals surface area contributed by atoms with Crippen LogP contribution in [0.25, 0.3) is 0 Å². The number of aromatic carboxylic acids is 2. The molecule has 0 aliphatic heterocycles. The predicted octanol–water partition coefficient (Wildman–Crippen LogP) is -3.01. The molecule has 0 amide bonds. The molecule has 0 saturated carbocycles. The predicted molar refractivity (Wildman–Crippen MR) is 48.3 cm³/mol. The van der Waals surface area contributed by atoms with Gasteiger partial charge < -0.3 is 14.8 Å². The van der Waals surface area contributed by atoms with E-state index in [2.05, 4.69) is 0 Å². The van der Waals surface area contributed by atoms with E-state index in [1.165, 1.54) is 0 Å². The van der Waals surface area contributed by atoms with Gasteiger partial charge in [-0.05, 0) is 18.2 Å². The number of carboxylic acids is 2. The van der Waals surface area contributed by atoms with Gasteiger partial charge in [0.25, 0.3) is 0 Å². The first-order chi connectivity index (χ1) is 7.23. The average Bonchev–Trinajstić information content (AvgIpc) is 2.15. The van der Waals surface area contributed by atoms with Crippen molar-refractivity contribution >= 4 is 22.1 Å². The Morgan fingerprint density at radius 2 is 1.65 bits per heavy atom. The average molecular weight is 284 g/mol. The van der Waals surface area contributed by atoms with E-state index in [4.69, 9.17) is 10.2 Å². The number of carbonyl (C=O) groups is 2. The molecule has 17 heavy (non-hydrogen) atoms. The summed E-state index contributed by atoms with van der Waals surface area (Å²) in [5.74, 6) is -3.08. The van der Waals surface area contributed by atoms with Crippen molar-refractivity contribution in [2.75, 3.05) is 0 Å². The molecule has 86 valence electrons. The summed E-state index contributed by atoms with van der Waals surface area (Å²) in [5, 5.41) is 17.2. The van der Waals surface area contributed by atoms with Gasteiger partial charge in [0.2, 0.25) is 0 Å². The molecule has 0 aromatic heterocycles. The zero-order valence-corrected chi connectivity index (χ0v) is 12.5. The minimum atomic E-state index is -5.03. The summed E-state index contributed by atoms with van der Waals surface area (Å²) in [6.07, 6.45) is 0. The molecule has 0 radical (unpaired) electrons. The van der Waals surface area contributed by atoms with E-state index in [1.807, 2.05) is 0 Å². The molecule has 0 heterocycles. The molecule has 0 aliphatic rings. The molecule has 0 atom stereocenters. The van der Waals surface area contributed by atoms with Gasteiger partial charge in [0.15, 0.2) is 0 Å². The standard InChI is InChI=1S/C8H6O7S.K/c9-7(10)4-1-2-5(8(11)12)6(3-4)16(13,14)15;/h1-3H,(H,9,10)(H,11,12)(H,13,14,15);/q;+1/p-1. The summed E-state index contributed by atoms with van der Waals surface area (Å²) in [6.45, 7) is 0. The number of rotatable bonds is 3. The number of benzene rings is 1. The van der Waals surface area contributed by atoms with Gasteiger partial charge in [0, 0.05) is 0 Å². The third kappa shape index (κ3) is 4.14. The van der Waals surface area contributed by atoms with Crippen LogP contribution in [0.3, 0.4) is 0 Å². The third-order valence-corrected chi connectivity index (χ3v) is 2.60. The summed E-state index contributed by atoms with van der Waals surface area (Å²) in [6, 6.07) is 2.19. The first-order valence-corrected chi connectivity index (χ1v) is 5.21. The molecular weight excluding hydrogens is 279 g/mol. The Labute approximate surface area is 139 Å². The van der Waals surface area contributed by atoms with E-state index in [1.54, 1.807) is 0 Å². The van der Waals surface area contributed by atoms with E-state index in [9.17, 15) is 22.6 Å². The topological polar surface area (TPSA) is 132 Å². The van der Waals surface area contributed by atoms with Crippen LogP contribution in [0, 0.1) is 0 Å². The first kappa shape index (κ1) is 16.7. The number of hydrogen-bond donors (Lipinski definition) is 2. The monoisotopic (exact) mass is 284 g/mol. The fourth-order valence-corrected chi connectivity index (χ4v) is 1.73. The van der Waals surface area contributed by atoms with Crippen LogP contribution in [0.4, 0.5) is 0 Å². The van der Waals surface area contributed by atoms with Crippen LogP contribution in [0.2, 0.25) is 0 Å². The fourth-order valence-electron chi connectivity index (χ4n) is 1.04. The van der Waals surface area contributed by atoms with Crippen LogP contribution >= 0.6 is 0 Å². The maximum Gasteiger partial charge on any atom is 1.00 e. The Kier molecular flexibility index (Phi) is 5.94. The van der Waals surface area contributed by atoms with E-state index in [0.717, 1.165) is 12.1 Å². The van der Waals surface area contributed by atoms with Crippen LogP contribution < -0.4 is 51.4 Å². The Morgan fingerprint density at radius 3 is 2.00 bits per heavy atom. The summed E-state index contributed by atoms with van der Waals surface area (Å²) in [4.78, 5) is 20.1. The van der Waals surface area contributed by atoms with E-state index >= 15 is 0 Å². The third-order valence-electron chi connectivity index (χ3n) is 1.73. The summed E-state index contributed by atoms with van der Waals surface area (Å²) in [5.41, 5.74) is -1.22. The molecule has 0 fully saturated rings. The normalized spacial score (nSPS) is 10.4. The van der Waals surface area contributed by atoms with Crippen molar-refractivity contribution in [3.8, 4) is 0 Å². The van der Waals surface area contributed by atoms with E-state index in [0.29, 0.717) is 6.07 Å². The molecule has 7 nitrogen and oxygen atoms in total. The number of carboxylic acid groups (broad SMARTS) is 2. The van der Waals surface area contributed by atoms with Crippen molar-refractivity contribution in [2.24, 2.45) is 0 Å². The molecule has 0 bridgehead atoms. The fraction of sp³-hybridized carbons (Fsp3) is 0. The van der Waals surface area contributed by atoms with Crippen molar-refractivity contribution in [3.63, 3.8) is 0 Å². The zero-order chi connectivity index (χ0) is 12.5. The molecule has 9 heteroatoms. The van der Waals surface area contributed by atoms with Crippen molar-refractivity contribution in [2.45, 2.75) is 4.90 Å². The van der Waals surface area contributed by atoms with E-state index in [-0.39, 0.29) is 51.4 Å². The molecule has 1 aromatic rings.